The van der Waals surface area contributed by atoms with Gasteiger partial charge in [0.05, 0.1) is 12.2 Å². The van der Waals surface area contributed by atoms with Gasteiger partial charge in [0.25, 0.3) is 5.91 Å². The standard InChI is InChI=1S/C12H16N4O/c1-3-4-5-6-7-8-9-16-10(2)11(12(13)17)14-15-16/h3-8H,9H2,1-2H3,(H2,13,17)/b4-3-,6-5-,8-7+. The molecular weight excluding hydrogens is 216 g/mol. The van der Waals surface area contributed by atoms with Crippen LogP contribution < -0.4 is 5.73 Å². The quantitative estimate of drug-likeness (QED) is 0.779. The molecule has 0 bridgehead atoms. The van der Waals surface area contributed by atoms with Crippen LogP contribution in [0.3, 0.4) is 0 Å². The predicted molar refractivity (Wildman–Crippen MR) is 66.4 cm³/mol. The summed E-state index contributed by atoms with van der Waals surface area (Å²) < 4.78 is 1.63. The summed E-state index contributed by atoms with van der Waals surface area (Å²) in [6, 6.07) is 0. The van der Waals surface area contributed by atoms with E-state index >= 15 is 0 Å². The highest BCUT2D eigenvalue weighted by Gasteiger charge is 2.11. The third-order valence-electron chi connectivity index (χ3n) is 2.16. The largest absolute Gasteiger partial charge is 0.364 e. The molecule has 0 unspecified atom stereocenters. The summed E-state index contributed by atoms with van der Waals surface area (Å²) in [4.78, 5) is 11.0. The van der Waals surface area contributed by atoms with Crippen LogP contribution in [0.4, 0.5) is 0 Å². The van der Waals surface area contributed by atoms with Crippen LogP contribution in [0, 0.1) is 6.92 Å². The van der Waals surface area contributed by atoms with Gasteiger partial charge in [-0.3, -0.25) is 4.79 Å². The fourth-order valence-corrected chi connectivity index (χ4v) is 1.24. The molecule has 0 spiro atoms. The van der Waals surface area contributed by atoms with Gasteiger partial charge in [0.1, 0.15) is 0 Å². The Labute approximate surface area is 100 Å². The van der Waals surface area contributed by atoms with Crippen LogP contribution >= 0.6 is 0 Å². The maximum atomic E-state index is 11.0. The minimum absolute atomic E-state index is 0.225. The van der Waals surface area contributed by atoms with Crippen molar-refractivity contribution in [3.63, 3.8) is 0 Å². The second-order valence-corrected chi connectivity index (χ2v) is 3.41. The monoisotopic (exact) mass is 232 g/mol. The summed E-state index contributed by atoms with van der Waals surface area (Å²) in [5, 5.41) is 7.57. The van der Waals surface area contributed by atoms with Crippen molar-refractivity contribution in [3.05, 3.63) is 47.8 Å². The molecule has 1 aromatic rings. The number of hydrogen-bond acceptors (Lipinski definition) is 3. The molecule has 0 saturated carbocycles. The lowest BCUT2D eigenvalue weighted by Crippen LogP contribution is -2.13. The third kappa shape index (κ3) is 3.71. The van der Waals surface area contributed by atoms with Gasteiger partial charge in [-0.05, 0) is 13.8 Å². The molecule has 0 aliphatic heterocycles. The van der Waals surface area contributed by atoms with Crippen molar-refractivity contribution < 1.29 is 4.79 Å². The van der Waals surface area contributed by atoms with Gasteiger partial charge in [-0.1, -0.05) is 41.7 Å². The molecule has 5 nitrogen and oxygen atoms in total. The first kappa shape index (κ1) is 12.9. The molecule has 1 amide bonds. The van der Waals surface area contributed by atoms with E-state index in [0.717, 1.165) is 0 Å². The zero-order valence-corrected chi connectivity index (χ0v) is 10.00. The molecule has 0 aromatic carbocycles. The smallest absolute Gasteiger partial charge is 0.271 e. The van der Waals surface area contributed by atoms with Gasteiger partial charge >= 0.3 is 0 Å². The van der Waals surface area contributed by atoms with Crippen molar-refractivity contribution in [1.82, 2.24) is 15.0 Å². The van der Waals surface area contributed by atoms with Crippen molar-refractivity contribution in [2.75, 3.05) is 0 Å². The van der Waals surface area contributed by atoms with E-state index in [9.17, 15) is 4.79 Å². The van der Waals surface area contributed by atoms with Crippen LogP contribution in [-0.2, 0) is 6.54 Å². The zero-order valence-electron chi connectivity index (χ0n) is 10.00. The first-order valence-electron chi connectivity index (χ1n) is 5.31. The number of amides is 1. The summed E-state index contributed by atoms with van der Waals surface area (Å²) in [7, 11) is 0. The summed E-state index contributed by atoms with van der Waals surface area (Å²) in [5.74, 6) is -0.550. The lowest BCUT2D eigenvalue weighted by atomic mass is 10.3. The lowest BCUT2D eigenvalue weighted by molar-refractivity contribution is 0.0995. The molecule has 1 rings (SSSR count). The molecule has 1 heterocycles. The average Bonchev–Trinajstić information content (AvgIpc) is 2.65. The average molecular weight is 232 g/mol. The van der Waals surface area contributed by atoms with E-state index < -0.39 is 5.91 Å². The maximum absolute atomic E-state index is 11.0. The molecular formula is C12H16N4O. The molecule has 0 saturated heterocycles. The Morgan fingerprint density at radius 3 is 2.65 bits per heavy atom. The number of nitrogens with two attached hydrogens (primary N) is 1. The van der Waals surface area contributed by atoms with Gasteiger partial charge in [-0.15, -0.1) is 5.10 Å². The molecule has 2 N–H and O–H groups in total. The van der Waals surface area contributed by atoms with Gasteiger partial charge in [0.2, 0.25) is 0 Å². The SMILES string of the molecule is C\C=C/C=C\C=C\Cn1nnc(C(N)=O)c1C. The van der Waals surface area contributed by atoms with Crippen LogP contribution in [0.2, 0.25) is 0 Å². The molecule has 90 valence electrons. The first-order chi connectivity index (χ1) is 8.16. The minimum atomic E-state index is -0.550. The Bertz CT molecular complexity index is 469. The van der Waals surface area contributed by atoms with Gasteiger partial charge in [-0.25, -0.2) is 4.68 Å². The zero-order chi connectivity index (χ0) is 12.7. The topological polar surface area (TPSA) is 73.8 Å². The molecule has 0 fully saturated rings. The summed E-state index contributed by atoms with van der Waals surface area (Å²) in [6.07, 6.45) is 11.6. The molecule has 0 aliphatic rings. The van der Waals surface area contributed by atoms with E-state index in [-0.39, 0.29) is 5.69 Å². The summed E-state index contributed by atoms with van der Waals surface area (Å²) >= 11 is 0. The van der Waals surface area contributed by atoms with Crippen molar-refractivity contribution in [2.45, 2.75) is 20.4 Å². The number of allylic oxidation sites excluding steroid dienone is 6. The highest BCUT2D eigenvalue weighted by Crippen LogP contribution is 2.02. The highest BCUT2D eigenvalue weighted by molar-refractivity contribution is 5.91. The number of carbonyl (C=O) groups excluding carboxylic acids is 1. The fraction of sp³-hybridized carbons (Fsp3) is 0.250. The number of nitrogens with zero attached hydrogens (tertiary/aromatic N) is 3. The minimum Gasteiger partial charge on any atom is -0.364 e. The summed E-state index contributed by atoms with van der Waals surface area (Å²) in [6.45, 7) is 4.29. The second-order valence-electron chi connectivity index (χ2n) is 3.41. The van der Waals surface area contributed by atoms with E-state index in [2.05, 4.69) is 10.3 Å². The molecule has 0 aliphatic carbocycles. The van der Waals surface area contributed by atoms with E-state index in [4.69, 9.17) is 5.73 Å². The van der Waals surface area contributed by atoms with Crippen LogP contribution in [0.25, 0.3) is 0 Å². The Kier molecular flexibility index (Phi) is 4.87. The van der Waals surface area contributed by atoms with Crippen LogP contribution in [-0.4, -0.2) is 20.9 Å². The molecule has 0 atom stereocenters. The lowest BCUT2D eigenvalue weighted by Gasteiger charge is -1.97. The van der Waals surface area contributed by atoms with Crippen molar-refractivity contribution >= 4 is 5.91 Å². The number of primary amides is 1. The van der Waals surface area contributed by atoms with Gasteiger partial charge in [0, 0.05) is 0 Å². The van der Waals surface area contributed by atoms with Gasteiger partial charge in [0.15, 0.2) is 5.69 Å². The van der Waals surface area contributed by atoms with E-state index in [1.165, 1.54) is 0 Å². The van der Waals surface area contributed by atoms with Gasteiger partial charge in [-0.2, -0.15) is 0 Å². The van der Waals surface area contributed by atoms with Gasteiger partial charge < -0.3 is 5.73 Å². The Morgan fingerprint density at radius 1 is 1.35 bits per heavy atom. The highest BCUT2D eigenvalue weighted by atomic mass is 16.1. The van der Waals surface area contributed by atoms with Crippen molar-refractivity contribution in [2.24, 2.45) is 5.73 Å². The normalized spacial score (nSPS) is 12.1. The molecule has 17 heavy (non-hydrogen) atoms. The van der Waals surface area contributed by atoms with E-state index in [0.29, 0.717) is 12.2 Å². The Balaban J connectivity index is 2.61. The molecule has 1 aromatic heterocycles. The molecule has 0 radical (unpaired) electrons. The predicted octanol–water partition coefficient (Wildman–Crippen LogP) is 1.37. The Hall–Kier alpha value is -2.17. The summed E-state index contributed by atoms with van der Waals surface area (Å²) in [5.41, 5.74) is 6.05. The first-order valence-corrected chi connectivity index (χ1v) is 5.31. The third-order valence-corrected chi connectivity index (χ3v) is 2.16. The van der Waals surface area contributed by atoms with Crippen LogP contribution in [0.1, 0.15) is 23.1 Å². The van der Waals surface area contributed by atoms with Crippen LogP contribution in [0.15, 0.2) is 36.5 Å². The second kappa shape index (κ2) is 6.42. The number of aromatic nitrogens is 3. The van der Waals surface area contributed by atoms with Crippen molar-refractivity contribution in [3.8, 4) is 0 Å². The van der Waals surface area contributed by atoms with Crippen LogP contribution in [0.5, 0.6) is 0 Å². The fourth-order valence-electron chi connectivity index (χ4n) is 1.24. The number of hydrogen-bond donors (Lipinski definition) is 1. The van der Waals surface area contributed by atoms with E-state index in [1.54, 1.807) is 11.6 Å². The number of carbonyl (C=O) groups is 1. The number of rotatable bonds is 5. The van der Waals surface area contributed by atoms with E-state index in [1.807, 2.05) is 43.4 Å². The molecule has 5 heteroatoms. The maximum Gasteiger partial charge on any atom is 0.271 e. The Morgan fingerprint density at radius 2 is 2.06 bits per heavy atom. The van der Waals surface area contributed by atoms with Crippen molar-refractivity contribution in [1.29, 1.82) is 0 Å².